The van der Waals surface area contributed by atoms with Gasteiger partial charge < -0.3 is 10.1 Å². The molecule has 0 aliphatic heterocycles. The summed E-state index contributed by atoms with van der Waals surface area (Å²) in [5, 5.41) is 3.18. The number of anilines is 1. The van der Waals surface area contributed by atoms with Crippen LogP contribution in [0.3, 0.4) is 0 Å². The fraction of sp³-hybridized carbons (Fsp3) is 0.182. The molecule has 88 valence electrons. The predicted octanol–water partition coefficient (Wildman–Crippen LogP) is 2.25. The summed E-state index contributed by atoms with van der Waals surface area (Å²) in [6.07, 6.45) is 3.19. The lowest BCUT2D eigenvalue weighted by Crippen LogP contribution is -2.04. The lowest BCUT2D eigenvalue weighted by Gasteiger charge is -2.08. The third-order valence-corrected chi connectivity index (χ3v) is 2.57. The Labute approximate surface area is 107 Å². The van der Waals surface area contributed by atoms with Crippen LogP contribution in [0.5, 0.6) is 5.88 Å². The van der Waals surface area contributed by atoms with Gasteiger partial charge in [0.05, 0.1) is 7.11 Å². The summed E-state index contributed by atoms with van der Waals surface area (Å²) < 4.78 is 5.91. The number of nitrogens with one attached hydrogen (secondary N) is 1. The normalized spacial score (nSPS) is 10.0. The molecule has 1 N–H and O–H groups in total. The average molecular weight is 295 g/mol. The topological polar surface area (TPSA) is 59.9 Å². The third kappa shape index (κ3) is 3.13. The van der Waals surface area contributed by atoms with E-state index in [2.05, 4.69) is 36.2 Å². The molecule has 0 amide bonds. The van der Waals surface area contributed by atoms with Gasteiger partial charge in [-0.3, -0.25) is 0 Å². The monoisotopic (exact) mass is 294 g/mol. The molecule has 0 bridgehead atoms. The van der Waals surface area contributed by atoms with Crippen molar-refractivity contribution in [3.63, 3.8) is 0 Å². The Morgan fingerprint density at radius 2 is 2.24 bits per heavy atom. The lowest BCUT2D eigenvalue weighted by atomic mass is 10.2. The standard InChI is InChI=1S/C11H11BrN4O/c1-17-11-8(3-2-4-13-11)6-14-10-5-9(12)15-7-16-10/h2-5,7H,6H2,1H3,(H,14,15,16). The Morgan fingerprint density at radius 1 is 1.35 bits per heavy atom. The highest BCUT2D eigenvalue weighted by atomic mass is 79.9. The van der Waals surface area contributed by atoms with Crippen molar-refractivity contribution in [3.8, 4) is 5.88 Å². The molecule has 0 aliphatic rings. The molecule has 0 aliphatic carbocycles. The molecule has 0 aromatic carbocycles. The minimum absolute atomic E-state index is 0.598. The number of aromatic nitrogens is 3. The lowest BCUT2D eigenvalue weighted by molar-refractivity contribution is 0.393. The van der Waals surface area contributed by atoms with E-state index in [1.807, 2.05) is 18.2 Å². The van der Waals surface area contributed by atoms with Gasteiger partial charge in [-0.25, -0.2) is 15.0 Å². The van der Waals surface area contributed by atoms with Gasteiger partial charge in [0.1, 0.15) is 16.7 Å². The average Bonchev–Trinajstić information content (AvgIpc) is 2.37. The summed E-state index contributed by atoms with van der Waals surface area (Å²) in [6.45, 7) is 0.598. The summed E-state index contributed by atoms with van der Waals surface area (Å²) in [5.74, 6) is 1.37. The first-order valence-corrected chi connectivity index (χ1v) is 5.78. The quantitative estimate of drug-likeness (QED) is 0.877. The fourth-order valence-electron chi connectivity index (χ4n) is 1.36. The van der Waals surface area contributed by atoms with E-state index in [-0.39, 0.29) is 0 Å². The molecule has 17 heavy (non-hydrogen) atoms. The van der Waals surface area contributed by atoms with E-state index >= 15 is 0 Å². The Kier molecular flexibility index (Phi) is 3.87. The number of nitrogens with zero attached hydrogens (tertiary/aromatic N) is 3. The second-order valence-corrected chi connectivity index (χ2v) is 4.06. The number of methoxy groups -OCH3 is 1. The van der Waals surface area contributed by atoms with Gasteiger partial charge in [-0.2, -0.15) is 0 Å². The highest BCUT2D eigenvalue weighted by Gasteiger charge is 2.03. The number of hydrogen-bond acceptors (Lipinski definition) is 5. The van der Waals surface area contributed by atoms with Crippen molar-refractivity contribution < 1.29 is 4.74 Å². The molecule has 0 fully saturated rings. The van der Waals surface area contributed by atoms with Gasteiger partial charge >= 0.3 is 0 Å². The molecule has 2 aromatic rings. The van der Waals surface area contributed by atoms with Crippen molar-refractivity contribution >= 4 is 21.7 Å². The summed E-state index contributed by atoms with van der Waals surface area (Å²) >= 11 is 3.29. The van der Waals surface area contributed by atoms with E-state index in [0.29, 0.717) is 12.4 Å². The molecule has 2 aromatic heterocycles. The number of hydrogen-bond donors (Lipinski definition) is 1. The summed E-state index contributed by atoms with van der Waals surface area (Å²) in [5.41, 5.74) is 0.977. The predicted molar refractivity (Wildman–Crippen MR) is 67.8 cm³/mol. The largest absolute Gasteiger partial charge is 0.481 e. The van der Waals surface area contributed by atoms with Gasteiger partial charge in [-0.05, 0) is 22.0 Å². The van der Waals surface area contributed by atoms with Crippen LogP contribution in [0.25, 0.3) is 0 Å². The fourth-order valence-corrected chi connectivity index (χ4v) is 1.67. The van der Waals surface area contributed by atoms with Crippen LogP contribution < -0.4 is 10.1 Å². The molecular weight excluding hydrogens is 284 g/mol. The molecule has 0 saturated carbocycles. The van der Waals surface area contributed by atoms with Crippen LogP contribution in [0.1, 0.15) is 5.56 Å². The summed E-state index contributed by atoms with van der Waals surface area (Å²) in [4.78, 5) is 12.2. The molecule has 0 unspecified atom stereocenters. The second-order valence-electron chi connectivity index (χ2n) is 3.25. The minimum atomic E-state index is 0.598. The van der Waals surface area contributed by atoms with Crippen molar-refractivity contribution in [2.45, 2.75) is 6.54 Å². The first-order valence-electron chi connectivity index (χ1n) is 4.99. The zero-order valence-electron chi connectivity index (χ0n) is 9.22. The van der Waals surface area contributed by atoms with E-state index in [9.17, 15) is 0 Å². The van der Waals surface area contributed by atoms with E-state index in [4.69, 9.17) is 4.74 Å². The highest BCUT2D eigenvalue weighted by molar-refractivity contribution is 9.10. The molecule has 0 saturated heterocycles. The Balaban J connectivity index is 2.07. The summed E-state index contributed by atoms with van der Waals surface area (Å²) in [7, 11) is 1.60. The van der Waals surface area contributed by atoms with Crippen molar-refractivity contribution in [2.75, 3.05) is 12.4 Å². The molecule has 2 heterocycles. The van der Waals surface area contributed by atoms with Gasteiger partial charge in [0.25, 0.3) is 0 Å². The van der Waals surface area contributed by atoms with E-state index in [1.54, 1.807) is 13.3 Å². The molecule has 2 rings (SSSR count). The van der Waals surface area contributed by atoms with E-state index < -0.39 is 0 Å². The second kappa shape index (κ2) is 5.58. The van der Waals surface area contributed by atoms with Gasteiger partial charge in [-0.1, -0.05) is 6.07 Å². The first-order chi connectivity index (χ1) is 8.29. The Hall–Kier alpha value is -1.69. The Bertz CT molecular complexity index is 506. The van der Waals surface area contributed by atoms with E-state index in [1.165, 1.54) is 6.33 Å². The molecule has 0 radical (unpaired) electrons. The van der Waals surface area contributed by atoms with Crippen LogP contribution >= 0.6 is 15.9 Å². The van der Waals surface area contributed by atoms with Gasteiger partial charge in [0.2, 0.25) is 5.88 Å². The third-order valence-electron chi connectivity index (χ3n) is 2.14. The van der Waals surface area contributed by atoms with Crippen LogP contribution in [0, 0.1) is 0 Å². The van der Waals surface area contributed by atoms with Crippen molar-refractivity contribution in [1.82, 2.24) is 15.0 Å². The maximum Gasteiger partial charge on any atom is 0.218 e. The van der Waals surface area contributed by atoms with Crippen LogP contribution in [0.4, 0.5) is 5.82 Å². The SMILES string of the molecule is COc1ncccc1CNc1cc(Br)ncn1. The maximum absolute atomic E-state index is 5.16. The molecule has 0 spiro atoms. The zero-order valence-corrected chi connectivity index (χ0v) is 10.8. The molecule has 0 atom stereocenters. The van der Waals surface area contributed by atoms with Crippen molar-refractivity contribution in [2.24, 2.45) is 0 Å². The number of rotatable bonds is 4. The molecule has 6 heteroatoms. The van der Waals surface area contributed by atoms with Crippen molar-refractivity contribution in [1.29, 1.82) is 0 Å². The van der Waals surface area contributed by atoms with Crippen LogP contribution in [-0.4, -0.2) is 22.1 Å². The molecule has 5 nitrogen and oxygen atoms in total. The first kappa shape index (κ1) is 11.8. The van der Waals surface area contributed by atoms with Gasteiger partial charge in [0.15, 0.2) is 0 Å². The number of ether oxygens (including phenoxy) is 1. The highest BCUT2D eigenvalue weighted by Crippen LogP contribution is 2.16. The minimum Gasteiger partial charge on any atom is -0.481 e. The smallest absolute Gasteiger partial charge is 0.218 e. The van der Waals surface area contributed by atoms with Crippen LogP contribution in [-0.2, 0) is 6.54 Å². The summed E-state index contributed by atoms with van der Waals surface area (Å²) in [6, 6.07) is 5.63. The van der Waals surface area contributed by atoms with Gasteiger partial charge in [-0.15, -0.1) is 0 Å². The number of halogens is 1. The zero-order chi connectivity index (χ0) is 12.1. The maximum atomic E-state index is 5.16. The Morgan fingerprint density at radius 3 is 3.00 bits per heavy atom. The molecular formula is C11H11BrN4O. The van der Waals surface area contributed by atoms with E-state index in [0.717, 1.165) is 16.0 Å². The van der Waals surface area contributed by atoms with Crippen LogP contribution in [0.2, 0.25) is 0 Å². The van der Waals surface area contributed by atoms with Crippen LogP contribution in [0.15, 0.2) is 35.3 Å². The van der Waals surface area contributed by atoms with Crippen molar-refractivity contribution in [3.05, 3.63) is 40.9 Å². The number of pyridine rings is 1. The van der Waals surface area contributed by atoms with Gasteiger partial charge in [0, 0.05) is 24.4 Å².